The summed E-state index contributed by atoms with van der Waals surface area (Å²) in [6.45, 7) is 13.0. The van der Waals surface area contributed by atoms with E-state index in [1.54, 1.807) is 13.0 Å². The number of carbonyl (C=O) groups excluding carboxylic acids is 2. The minimum absolute atomic E-state index is 0.172. The first-order valence-corrected chi connectivity index (χ1v) is 11.1. The molecule has 1 aliphatic rings. The lowest BCUT2D eigenvalue weighted by Crippen LogP contribution is -2.30. The van der Waals surface area contributed by atoms with Gasteiger partial charge in [-0.25, -0.2) is 4.79 Å². The number of hydrogen-bond donors (Lipinski definition) is 1. The summed E-state index contributed by atoms with van der Waals surface area (Å²) in [5.41, 5.74) is 2.80. The number of amides is 1. The first kappa shape index (κ1) is 21.5. The minimum Gasteiger partial charge on any atom is -0.462 e. The van der Waals surface area contributed by atoms with Crippen molar-refractivity contribution in [2.45, 2.75) is 60.0 Å². The number of hydrogen-bond acceptors (Lipinski definition) is 6. The Morgan fingerprint density at radius 3 is 2.72 bits per heavy atom. The van der Waals surface area contributed by atoms with Gasteiger partial charge in [0.15, 0.2) is 5.69 Å². The van der Waals surface area contributed by atoms with E-state index in [-0.39, 0.29) is 17.9 Å². The zero-order valence-corrected chi connectivity index (χ0v) is 18.7. The third-order valence-corrected chi connectivity index (χ3v) is 6.16. The number of rotatable bonds is 7. The van der Waals surface area contributed by atoms with Crippen molar-refractivity contribution in [1.82, 2.24) is 14.7 Å². The summed E-state index contributed by atoms with van der Waals surface area (Å²) in [4.78, 5) is 29.1. The van der Waals surface area contributed by atoms with E-state index in [0.29, 0.717) is 22.9 Å². The van der Waals surface area contributed by atoms with Crippen LogP contribution in [0.1, 0.15) is 77.1 Å². The second kappa shape index (κ2) is 9.09. The standard InChI is InChI=1S/C21H30N4O3S/c1-6-9-24-10-8-15-17(12-24)29-20(18(15)21(27)28-7-2)22-19(26)16-11-14(5)25(23-16)13(3)4/h11,13H,6-10,12H2,1-5H3,(H,22,26). The number of anilines is 1. The average Bonchev–Trinajstić information content (AvgIpc) is 3.22. The van der Waals surface area contributed by atoms with Crippen LogP contribution in [0.4, 0.5) is 5.00 Å². The van der Waals surface area contributed by atoms with Crippen molar-refractivity contribution < 1.29 is 14.3 Å². The van der Waals surface area contributed by atoms with Crippen molar-refractivity contribution in [1.29, 1.82) is 0 Å². The van der Waals surface area contributed by atoms with Gasteiger partial charge in [-0.05, 0) is 58.7 Å². The summed E-state index contributed by atoms with van der Waals surface area (Å²) in [6, 6.07) is 1.95. The molecule has 0 spiro atoms. The zero-order valence-electron chi connectivity index (χ0n) is 17.9. The van der Waals surface area contributed by atoms with Crippen LogP contribution in [0.15, 0.2) is 6.07 Å². The highest BCUT2D eigenvalue weighted by Crippen LogP contribution is 2.38. The summed E-state index contributed by atoms with van der Waals surface area (Å²) in [5.74, 6) is -0.671. The van der Waals surface area contributed by atoms with E-state index in [0.717, 1.165) is 48.6 Å². The Kier molecular flexibility index (Phi) is 6.74. The quantitative estimate of drug-likeness (QED) is 0.687. The van der Waals surface area contributed by atoms with Crippen LogP contribution in [0, 0.1) is 6.92 Å². The van der Waals surface area contributed by atoms with Crippen LogP contribution in [0.3, 0.4) is 0 Å². The molecule has 0 atom stereocenters. The predicted octanol–water partition coefficient (Wildman–Crippen LogP) is 4.03. The summed E-state index contributed by atoms with van der Waals surface area (Å²) < 4.78 is 7.12. The van der Waals surface area contributed by atoms with Crippen LogP contribution >= 0.6 is 11.3 Å². The predicted molar refractivity (Wildman–Crippen MR) is 115 cm³/mol. The molecule has 3 heterocycles. The van der Waals surface area contributed by atoms with Crippen LogP contribution in [0.2, 0.25) is 0 Å². The minimum atomic E-state index is -0.367. The molecule has 7 nitrogen and oxygen atoms in total. The lowest BCUT2D eigenvalue weighted by molar-refractivity contribution is 0.0526. The first-order chi connectivity index (χ1) is 13.8. The van der Waals surface area contributed by atoms with E-state index in [4.69, 9.17) is 4.74 Å². The lowest BCUT2D eigenvalue weighted by Gasteiger charge is -2.26. The van der Waals surface area contributed by atoms with Gasteiger partial charge < -0.3 is 10.1 Å². The van der Waals surface area contributed by atoms with Gasteiger partial charge in [-0.2, -0.15) is 5.10 Å². The second-order valence-corrected chi connectivity index (χ2v) is 8.72. The number of thiophene rings is 1. The van der Waals surface area contributed by atoms with Gasteiger partial charge in [0, 0.05) is 29.7 Å². The third-order valence-electron chi connectivity index (χ3n) is 5.03. The van der Waals surface area contributed by atoms with Crippen molar-refractivity contribution in [3.8, 4) is 0 Å². The Morgan fingerprint density at radius 2 is 2.10 bits per heavy atom. The maximum Gasteiger partial charge on any atom is 0.341 e. The second-order valence-electron chi connectivity index (χ2n) is 7.62. The van der Waals surface area contributed by atoms with E-state index >= 15 is 0 Å². The topological polar surface area (TPSA) is 76.5 Å². The molecule has 8 heteroatoms. The van der Waals surface area contributed by atoms with Crippen molar-refractivity contribution >= 4 is 28.2 Å². The highest BCUT2D eigenvalue weighted by Gasteiger charge is 2.30. The molecule has 0 saturated carbocycles. The van der Waals surface area contributed by atoms with Crippen LogP contribution < -0.4 is 5.32 Å². The van der Waals surface area contributed by atoms with Crippen molar-refractivity contribution in [3.63, 3.8) is 0 Å². The molecule has 1 N–H and O–H groups in total. The lowest BCUT2D eigenvalue weighted by atomic mass is 10.0. The van der Waals surface area contributed by atoms with Gasteiger partial charge in [-0.15, -0.1) is 11.3 Å². The maximum atomic E-state index is 12.9. The summed E-state index contributed by atoms with van der Waals surface area (Å²) >= 11 is 1.48. The van der Waals surface area contributed by atoms with Crippen LogP contribution in [0.25, 0.3) is 0 Å². The number of esters is 1. The average molecular weight is 419 g/mol. The van der Waals surface area contributed by atoms with Crippen LogP contribution in [-0.4, -0.2) is 46.3 Å². The van der Waals surface area contributed by atoms with Gasteiger partial charge in [0.25, 0.3) is 5.91 Å². The van der Waals surface area contributed by atoms with Gasteiger partial charge in [0.1, 0.15) is 5.00 Å². The fourth-order valence-corrected chi connectivity index (χ4v) is 5.03. The molecule has 0 aliphatic carbocycles. The molecule has 2 aromatic rings. The number of fused-ring (bicyclic) bond motifs is 1. The number of aryl methyl sites for hydroxylation is 1. The highest BCUT2D eigenvalue weighted by molar-refractivity contribution is 7.17. The fraction of sp³-hybridized carbons (Fsp3) is 0.571. The largest absolute Gasteiger partial charge is 0.462 e. The molecule has 0 unspecified atom stereocenters. The molecule has 0 radical (unpaired) electrons. The third kappa shape index (κ3) is 4.53. The van der Waals surface area contributed by atoms with Gasteiger partial charge in [-0.3, -0.25) is 14.4 Å². The van der Waals surface area contributed by atoms with Crippen molar-refractivity contribution in [3.05, 3.63) is 33.5 Å². The molecule has 0 aromatic carbocycles. The molecule has 0 saturated heterocycles. The summed E-state index contributed by atoms with van der Waals surface area (Å²) in [6.07, 6.45) is 1.88. The van der Waals surface area contributed by atoms with Crippen molar-refractivity contribution in [2.75, 3.05) is 25.0 Å². The SMILES string of the molecule is CCCN1CCc2c(sc(NC(=O)c3cc(C)n(C(C)C)n3)c2C(=O)OCC)C1. The monoisotopic (exact) mass is 418 g/mol. The Hall–Kier alpha value is -2.19. The number of carbonyl (C=O) groups is 2. The molecular formula is C21H30N4O3S. The van der Waals surface area contributed by atoms with Crippen molar-refractivity contribution in [2.24, 2.45) is 0 Å². The zero-order chi connectivity index (χ0) is 21.1. The summed E-state index contributed by atoms with van der Waals surface area (Å²) in [5, 5.41) is 7.92. The number of nitrogens with zero attached hydrogens (tertiary/aromatic N) is 3. The molecule has 2 aromatic heterocycles. The van der Waals surface area contributed by atoms with Crippen LogP contribution in [0.5, 0.6) is 0 Å². The molecular weight excluding hydrogens is 388 g/mol. The number of aromatic nitrogens is 2. The van der Waals surface area contributed by atoms with Gasteiger partial charge in [0.2, 0.25) is 0 Å². The molecule has 158 valence electrons. The first-order valence-electron chi connectivity index (χ1n) is 10.3. The molecule has 0 bridgehead atoms. The molecule has 1 amide bonds. The molecule has 29 heavy (non-hydrogen) atoms. The van der Waals surface area contributed by atoms with E-state index in [1.807, 2.05) is 25.5 Å². The Bertz CT molecular complexity index is 900. The van der Waals surface area contributed by atoms with E-state index in [2.05, 4.69) is 22.2 Å². The Labute approximate surface area is 176 Å². The molecule has 1 aliphatic heterocycles. The normalized spacial score (nSPS) is 14.1. The van der Waals surface area contributed by atoms with Gasteiger partial charge >= 0.3 is 5.97 Å². The van der Waals surface area contributed by atoms with Gasteiger partial charge in [0.05, 0.1) is 12.2 Å². The Morgan fingerprint density at radius 1 is 1.34 bits per heavy atom. The number of nitrogens with one attached hydrogen (secondary N) is 1. The Balaban J connectivity index is 1.90. The van der Waals surface area contributed by atoms with E-state index in [9.17, 15) is 9.59 Å². The summed E-state index contributed by atoms with van der Waals surface area (Å²) in [7, 11) is 0. The van der Waals surface area contributed by atoms with E-state index < -0.39 is 0 Å². The highest BCUT2D eigenvalue weighted by atomic mass is 32.1. The number of ether oxygens (including phenoxy) is 1. The van der Waals surface area contributed by atoms with Gasteiger partial charge in [-0.1, -0.05) is 6.92 Å². The van der Waals surface area contributed by atoms with Crippen LogP contribution in [-0.2, 0) is 17.7 Å². The molecule has 3 rings (SSSR count). The maximum absolute atomic E-state index is 12.9. The smallest absolute Gasteiger partial charge is 0.341 e. The fourth-order valence-electron chi connectivity index (χ4n) is 3.76. The molecule has 0 fully saturated rings. The van der Waals surface area contributed by atoms with E-state index in [1.165, 1.54) is 11.3 Å².